The second-order valence-corrected chi connectivity index (χ2v) is 14.7. The number of allylic oxidation sites excluding steroid dienone is 2. The summed E-state index contributed by atoms with van der Waals surface area (Å²) in [6, 6.07) is 0. The Morgan fingerprint density at radius 1 is 0.971 bits per heavy atom. The minimum atomic E-state index is -0.911. The van der Waals surface area contributed by atoms with Gasteiger partial charge in [-0.25, -0.2) is 0 Å². The predicted molar refractivity (Wildman–Crippen MR) is 134 cm³/mol. The lowest BCUT2D eigenvalue weighted by Gasteiger charge is -2.71. The number of hydrogen-bond donors (Lipinski definition) is 3. The summed E-state index contributed by atoms with van der Waals surface area (Å²) in [5, 5.41) is 32.7. The van der Waals surface area contributed by atoms with Crippen molar-refractivity contribution < 1.29 is 24.9 Å². The molecule has 4 saturated carbocycles. The first-order valence-electron chi connectivity index (χ1n) is 13.9. The molecule has 3 N–H and O–H groups in total. The Morgan fingerprint density at radius 2 is 1.60 bits per heavy atom. The second kappa shape index (κ2) is 7.22. The number of Topliss-reactive ketones (excluding diaryl/α,β-unsaturated/α-hetero) is 1. The van der Waals surface area contributed by atoms with Crippen LogP contribution in [0.5, 0.6) is 0 Å². The fourth-order valence-electron chi connectivity index (χ4n) is 10.8. The van der Waals surface area contributed by atoms with Gasteiger partial charge >= 0.3 is 5.97 Å². The fraction of sp³-hybridized carbons (Fsp3) is 0.867. The number of carbonyl (C=O) groups is 2. The zero-order valence-corrected chi connectivity index (χ0v) is 22.8. The molecule has 0 heterocycles. The van der Waals surface area contributed by atoms with Crippen molar-refractivity contribution in [3.8, 4) is 0 Å². The Hall–Kier alpha value is -1.20. The maximum atomic E-state index is 13.0. The van der Waals surface area contributed by atoms with E-state index in [4.69, 9.17) is 0 Å². The van der Waals surface area contributed by atoms with E-state index >= 15 is 0 Å². The molecule has 0 aromatic carbocycles. The molecule has 0 bridgehead atoms. The molecule has 0 amide bonds. The number of ketones is 1. The van der Waals surface area contributed by atoms with E-state index < -0.39 is 28.5 Å². The van der Waals surface area contributed by atoms with Crippen LogP contribution in [0.15, 0.2) is 11.6 Å². The summed E-state index contributed by atoms with van der Waals surface area (Å²) in [6.07, 6.45) is 7.34. The number of carbonyl (C=O) groups excluding carboxylic acids is 1. The van der Waals surface area contributed by atoms with Gasteiger partial charge in [0.15, 0.2) is 5.78 Å². The maximum Gasteiger partial charge on any atom is 0.310 e. The van der Waals surface area contributed by atoms with E-state index in [1.807, 2.05) is 20.8 Å². The van der Waals surface area contributed by atoms with Gasteiger partial charge in [-0.2, -0.15) is 0 Å². The Labute approximate surface area is 210 Å². The van der Waals surface area contributed by atoms with Crippen LogP contribution in [0.25, 0.3) is 0 Å². The Kier molecular flexibility index (Phi) is 5.25. The van der Waals surface area contributed by atoms with Crippen LogP contribution in [0, 0.1) is 50.7 Å². The van der Waals surface area contributed by atoms with E-state index in [9.17, 15) is 24.9 Å². The molecular weight excluding hydrogens is 440 g/mol. The van der Waals surface area contributed by atoms with Gasteiger partial charge in [-0.05, 0) is 92.3 Å². The molecule has 0 aromatic heterocycles. The largest absolute Gasteiger partial charge is 0.481 e. The first-order chi connectivity index (χ1) is 16.0. The van der Waals surface area contributed by atoms with E-state index in [0.29, 0.717) is 31.6 Å². The summed E-state index contributed by atoms with van der Waals surface area (Å²) in [5.74, 6) is -0.450. The van der Waals surface area contributed by atoms with Crippen molar-refractivity contribution in [2.45, 2.75) is 112 Å². The van der Waals surface area contributed by atoms with E-state index in [2.05, 4.69) is 33.8 Å². The van der Waals surface area contributed by atoms with Crippen molar-refractivity contribution in [2.75, 3.05) is 0 Å². The van der Waals surface area contributed by atoms with Crippen molar-refractivity contribution in [3.05, 3.63) is 11.6 Å². The highest BCUT2D eigenvalue weighted by Crippen LogP contribution is 2.75. The summed E-state index contributed by atoms with van der Waals surface area (Å²) in [7, 11) is 0. The number of carboxylic acid groups (broad SMARTS) is 1. The van der Waals surface area contributed by atoms with Gasteiger partial charge in [0.05, 0.1) is 11.0 Å². The standard InChI is InChI=1S/C30H46O5/c1-17-22-18-8-9-21-26(4)16-19(31)23(32)25(2,3)20(26)10-11-28(21,6)27(18,5)12-14-30(22,24(33)34)15-13-29(17,7)35/h8,17,19-22,31,35H,9-16H2,1-7H3,(H,33,34)/t17-,19?,20?,21?,22+,26+,27-,28-,29+,30-/m1/s1. The van der Waals surface area contributed by atoms with Gasteiger partial charge in [-0.3, -0.25) is 9.59 Å². The number of aliphatic carboxylic acids is 1. The average molecular weight is 487 g/mol. The molecule has 5 heteroatoms. The number of hydrogen-bond acceptors (Lipinski definition) is 4. The minimum Gasteiger partial charge on any atom is -0.481 e. The van der Waals surface area contributed by atoms with Crippen molar-refractivity contribution in [1.29, 1.82) is 0 Å². The molecule has 0 aliphatic heterocycles. The minimum absolute atomic E-state index is 0.0102. The van der Waals surface area contributed by atoms with E-state index in [1.165, 1.54) is 5.57 Å². The van der Waals surface area contributed by atoms with Crippen LogP contribution in [0.2, 0.25) is 0 Å². The molecule has 0 spiro atoms. The predicted octanol–water partition coefficient (Wildman–Crippen LogP) is 5.38. The van der Waals surface area contributed by atoms with Crippen LogP contribution in [0.4, 0.5) is 0 Å². The smallest absolute Gasteiger partial charge is 0.310 e. The molecule has 5 nitrogen and oxygen atoms in total. The quantitative estimate of drug-likeness (QED) is 0.432. The van der Waals surface area contributed by atoms with Gasteiger partial charge in [-0.15, -0.1) is 0 Å². The summed E-state index contributed by atoms with van der Waals surface area (Å²) < 4.78 is 0. The van der Waals surface area contributed by atoms with Gasteiger partial charge in [0, 0.05) is 11.3 Å². The molecule has 0 radical (unpaired) electrons. The monoisotopic (exact) mass is 486 g/mol. The molecular formula is C30H46O5. The van der Waals surface area contributed by atoms with Gasteiger partial charge in [-0.1, -0.05) is 53.2 Å². The highest BCUT2D eigenvalue weighted by atomic mass is 16.4. The lowest BCUT2D eigenvalue weighted by Crippen LogP contribution is -2.67. The summed E-state index contributed by atoms with van der Waals surface area (Å²) in [5.41, 5.74) is -1.31. The zero-order chi connectivity index (χ0) is 26.0. The number of carboxylic acids is 1. The third-order valence-corrected chi connectivity index (χ3v) is 13.2. The van der Waals surface area contributed by atoms with Crippen molar-refractivity contribution >= 4 is 11.8 Å². The summed E-state index contributed by atoms with van der Waals surface area (Å²) in [4.78, 5) is 25.8. The third kappa shape index (κ3) is 2.89. The highest BCUT2D eigenvalue weighted by Gasteiger charge is 2.71. The van der Waals surface area contributed by atoms with Gasteiger partial charge in [0.25, 0.3) is 0 Å². The molecule has 5 aliphatic rings. The van der Waals surface area contributed by atoms with Crippen molar-refractivity contribution in [3.63, 3.8) is 0 Å². The lowest BCUT2D eigenvalue weighted by molar-refractivity contribution is -0.206. The lowest BCUT2D eigenvalue weighted by atomic mass is 9.33. The second-order valence-electron chi connectivity index (χ2n) is 14.7. The van der Waals surface area contributed by atoms with Crippen LogP contribution < -0.4 is 0 Å². The molecule has 196 valence electrons. The maximum absolute atomic E-state index is 13.0. The molecule has 5 rings (SSSR count). The summed E-state index contributed by atoms with van der Waals surface area (Å²) in [6.45, 7) is 15.1. The summed E-state index contributed by atoms with van der Waals surface area (Å²) >= 11 is 0. The number of fused-ring (bicyclic) bond motifs is 7. The molecule has 10 atom stereocenters. The Balaban J connectivity index is 1.64. The van der Waals surface area contributed by atoms with Crippen LogP contribution in [-0.2, 0) is 9.59 Å². The molecule has 35 heavy (non-hydrogen) atoms. The first kappa shape index (κ1) is 25.4. The van der Waals surface area contributed by atoms with Crippen LogP contribution in [0.1, 0.15) is 99.8 Å². The fourth-order valence-corrected chi connectivity index (χ4v) is 10.8. The molecule has 0 saturated heterocycles. The van der Waals surface area contributed by atoms with Crippen LogP contribution in [-0.4, -0.2) is 38.8 Å². The topological polar surface area (TPSA) is 94.8 Å². The van der Waals surface area contributed by atoms with E-state index in [1.54, 1.807) is 0 Å². The van der Waals surface area contributed by atoms with Gasteiger partial charge in [0.2, 0.25) is 0 Å². The number of rotatable bonds is 1. The van der Waals surface area contributed by atoms with Gasteiger partial charge in [0.1, 0.15) is 6.10 Å². The highest BCUT2D eigenvalue weighted by molar-refractivity contribution is 5.89. The molecule has 5 aliphatic carbocycles. The van der Waals surface area contributed by atoms with Crippen LogP contribution in [0.3, 0.4) is 0 Å². The number of aliphatic hydroxyl groups excluding tert-OH is 1. The Bertz CT molecular complexity index is 995. The molecule has 0 aromatic rings. The average Bonchev–Trinajstić information content (AvgIpc) is 2.75. The van der Waals surface area contributed by atoms with Crippen molar-refractivity contribution in [2.24, 2.45) is 50.7 Å². The Morgan fingerprint density at radius 3 is 2.23 bits per heavy atom. The first-order valence-corrected chi connectivity index (χ1v) is 13.9. The molecule has 3 unspecified atom stereocenters. The normalized spacial score (nSPS) is 55.1. The van der Waals surface area contributed by atoms with Gasteiger partial charge < -0.3 is 15.3 Å². The third-order valence-electron chi connectivity index (χ3n) is 13.2. The van der Waals surface area contributed by atoms with E-state index in [0.717, 1.165) is 25.7 Å². The number of aliphatic hydroxyl groups is 2. The van der Waals surface area contributed by atoms with E-state index in [-0.39, 0.29) is 39.8 Å². The molecule has 4 fully saturated rings. The van der Waals surface area contributed by atoms with Crippen LogP contribution >= 0.6 is 0 Å². The van der Waals surface area contributed by atoms with Crippen molar-refractivity contribution in [1.82, 2.24) is 0 Å². The SMILES string of the molecule is C[C@@H]1[C@H]2C3=CCC4[C@@]5(C)CC(O)C(=O)C(C)(C)C5CC[C@@]4(C)[C@]3(C)CC[C@@]2(C(=O)O)CC[C@]1(C)O. The zero-order valence-electron chi connectivity index (χ0n) is 22.8.